The zero-order valence-corrected chi connectivity index (χ0v) is 17.7. The van der Waals surface area contributed by atoms with Gasteiger partial charge in [0.1, 0.15) is 18.2 Å². The van der Waals surface area contributed by atoms with E-state index in [1.165, 1.54) is 4.88 Å². The number of ether oxygens (including phenoxy) is 2. The lowest BCUT2D eigenvalue weighted by atomic mass is 10.0. The number of carbonyl (C=O) groups is 1. The molecule has 6 heteroatoms. The van der Waals surface area contributed by atoms with E-state index < -0.39 is 0 Å². The van der Waals surface area contributed by atoms with Crippen molar-refractivity contribution in [3.8, 4) is 11.5 Å². The summed E-state index contributed by atoms with van der Waals surface area (Å²) in [5.41, 5.74) is 3.58. The Morgan fingerprint density at radius 2 is 1.97 bits per heavy atom. The number of hydrogen-bond donors (Lipinski definition) is 0. The van der Waals surface area contributed by atoms with E-state index in [1.807, 2.05) is 49.3 Å². The molecule has 0 saturated carbocycles. The molecule has 0 N–H and O–H groups in total. The summed E-state index contributed by atoms with van der Waals surface area (Å²) in [6, 6.07) is 15.9. The number of thiophene rings is 1. The number of ketones is 1. The highest BCUT2D eigenvalue weighted by atomic mass is 32.1. The zero-order valence-electron chi connectivity index (χ0n) is 16.9. The average molecular weight is 419 g/mol. The molecule has 3 aromatic rings. The van der Waals surface area contributed by atoms with E-state index >= 15 is 0 Å². The lowest BCUT2D eigenvalue weighted by Crippen LogP contribution is -2.31. The minimum absolute atomic E-state index is 0.0835. The third-order valence-electron chi connectivity index (χ3n) is 5.35. The van der Waals surface area contributed by atoms with Crippen molar-refractivity contribution in [1.29, 1.82) is 0 Å². The normalized spacial score (nSPS) is 16.7. The highest BCUT2D eigenvalue weighted by Crippen LogP contribution is 2.42. The first-order chi connectivity index (χ1) is 14.6. The summed E-state index contributed by atoms with van der Waals surface area (Å²) in [6.45, 7) is 2.03. The number of hydrogen-bond acceptors (Lipinski definition) is 6. The second kappa shape index (κ2) is 7.63. The fourth-order valence-electron chi connectivity index (χ4n) is 3.75. The molecule has 0 fully saturated rings. The van der Waals surface area contributed by atoms with Gasteiger partial charge in [-0.1, -0.05) is 18.2 Å². The molecule has 2 aromatic carbocycles. The second-order valence-electron chi connectivity index (χ2n) is 7.68. The van der Waals surface area contributed by atoms with Gasteiger partial charge in [0, 0.05) is 37.7 Å². The van der Waals surface area contributed by atoms with E-state index in [1.54, 1.807) is 23.5 Å². The maximum absolute atomic E-state index is 12.9. The van der Waals surface area contributed by atoms with Crippen LogP contribution in [0, 0.1) is 0 Å². The van der Waals surface area contributed by atoms with E-state index in [-0.39, 0.29) is 5.78 Å². The molecular weight excluding hydrogens is 396 g/mol. The molecule has 0 amide bonds. The molecule has 0 bridgehead atoms. The van der Waals surface area contributed by atoms with Gasteiger partial charge in [-0.05, 0) is 47.4 Å². The topological polar surface area (TPSA) is 42.0 Å². The number of fused-ring (bicyclic) bond motifs is 3. The number of rotatable bonds is 4. The van der Waals surface area contributed by atoms with Gasteiger partial charge < -0.3 is 14.4 Å². The average Bonchev–Trinajstić information content (AvgIpc) is 3.37. The number of nitrogens with zero attached hydrogens (tertiary/aromatic N) is 2. The van der Waals surface area contributed by atoms with Crippen LogP contribution in [0.4, 0.5) is 5.69 Å². The smallest absolute Gasteiger partial charge is 0.231 e. The number of benzene rings is 2. The molecular formula is C24H22N2O3S. The van der Waals surface area contributed by atoms with Crippen molar-refractivity contribution in [2.24, 2.45) is 0 Å². The fourth-order valence-corrected chi connectivity index (χ4v) is 4.49. The van der Waals surface area contributed by atoms with Gasteiger partial charge in [0.25, 0.3) is 0 Å². The Bertz CT molecular complexity index is 1120. The van der Waals surface area contributed by atoms with Crippen LogP contribution in [0.5, 0.6) is 11.5 Å². The van der Waals surface area contributed by atoms with Gasteiger partial charge in [-0.2, -0.15) is 0 Å². The molecule has 2 aliphatic rings. The maximum atomic E-state index is 12.9. The lowest BCUT2D eigenvalue weighted by molar-refractivity contribution is 0.0882. The van der Waals surface area contributed by atoms with Gasteiger partial charge in [-0.25, -0.2) is 0 Å². The molecule has 3 heterocycles. The monoisotopic (exact) mass is 418 g/mol. The Morgan fingerprint density at radius 1 is 1.13 bits per heavy atom. The van der Waals surface area contributed by atoms with Gasteiger partial charge in [-0.15, -0.1) is 11.3 Å². The van der Waals surface area contributed by atoms with Gasteiger partial charge in [-0.3, -0.25) is 9.69 Å². The molecule has 0 radical (unpaired) electrons. The van der Waals surface area contributed by atoms with Crippen LogP contribution in [0.1, 0.15) is 26.4 Å². The Hall–Kier alpha value is -3.09. The van der Waals surface area contributed by atoms with Crippen molar-refractivity contribution in [2.45, 2.75) is 13.1 Å². The van der Waals surface area contributed by atoms with Crippen LogP contribution in [0.25, 0.3) is 6.08 Å². The molecule has 0 saturated heterocycles. The Morgan fingerprint density at radius 3 is 2.70 bits per heavy atom. The molecule has 30 heavy (non-hydrogen) atoms. The molecule has 0 unspecified atom stereocenters. The van der Waals surface area contributed by atoms with Crippen LogP contribution in [-0.4, -0.2) is 31.5 Å². The first-order valence-electron chi connectivity index (χ1n) is 9.83. The SMILES string of the molecule is CN(C)c1ccc(/C=C2\Oc3c(ccc4c3CN(Cc3cccs3)CO4)C2=O)cc1. The molecule has 0 aliphatic carbocycles. The fraction of sp³-hybridized carbons (Fsp3) is 0.208. The zero-order chi connectivity index (χ0) is 20.7. The summed E-state index contributed by atoms with van der Waals surface area (Å²) in [5.74, 6) is 1.69. The van der Waals surface area contributed by atoms with Gasteiger partial charge in [0.15, 0.2) is 5.76 Å². The number of Topliss-reactive ketones (excluding diaryl/α,β-unsaturated/α-hetero) is 1. The van der Waals surface area contributed by atoms with Crippen LogP contribution < -0.4 is 14.4 Å². The molecule has 1 aromatic heterocycles. The Labute approximate surface area is 179 Å². The number of carbonyl (C=O) groups excluding carboxylic acids is 1. The van der Waals surface area contributed by atoms with E-state index in [0.717, 1.165) is 29.1 Å². The highest BCUT2D eigenvalue weighted by Gasteiger charge is 2.33. The van der Waals surface area contributed by atoms with Crippen LogP contribution in [-0.2, 0) is 13.1 Å². The van der Waals surface area contributed by atoms with E-state index in [4.69, 9.17) is 9.47 Å². The quantitative estimate of drug-likeness (QED) is 0.571. The molecule has 2 aliphatic heterocycles. The van der Waals surface area contributed by atoms with E-state index in [9.17, 15) is 4.79 Å². The van der Waals surface area contributed by atoms with Crippen molar-refractivity contribution in [3.05, 3.63) is 81.2 Å². The molecule has 5 nitrogen and oxygen atoms in total. The van der Waals surface area contributed by atoms with Crippen LogP contribution in [0.2, 0.25) is 0 Å². The molecule has 5 rings (SSSR count). The summed E-state index contributed by atoms with van der Waals surface area (Å²) in [6.07, 6.45) is 1.81. The third-order valence-corrected chi connectivity index (χ3v) is 6.21. The number of allylic oxidation sites excluding steroid dienone is 1. The predicted octanol–water partition coefficient (Wildman–Crippen LogP) is 4.78. The van der Waals surface area contributed by atoms with E-state index in [0.29, 0.717) is 30.3 Å². The minimum atomic E-state index is -0.0835. The predicted molar refractivity (Wildman–Crippen MR) is 119 cm³/mol. The maximum Gasteiger partial charge on any atom is 0.231 e. The van der Waals surface area contributed by atoms with Crippen molar-refractivity contribution in [3.63, 3.8) is 0 Å². The second-order valence-corrected chi connectivity index (χ2v) is 8.72. The van der Waals surface area contributed by atoms with Gasteiger partial charge in [0.2, 0.25) is 5.78 Å². The van der Waals surface area contributed by atoms with Crippen LogP contribution in [0.3, 0.4) is 0 Å². The minimum Gasteiger partial charge on any atom is -0.478 e. The molecule has 0 atom stereocenters. The first-order valence-corrected chi connectivity index (χ1v) is 10.7. The molecule has 152 valence electrons. The van der Waals surface area contributed by atoms with Crippen molar-refractivity contribution >= 4 is 28.9 Å². The summed E-state index contributed by atoms with van der Waals surface area (Å²) in [5, 5.41) is 2.08. The van der Waals surface area contributed by atoms with Crippen molar-refractivity contribution < 1.29 is 14.3 Å². The first kappa shape index (κ1) is 18.9. The third kappa shape index (κ3) is 3.49. The largest absolute Gasteiger partial charge is 0.478 e. The van der Waals surface area contributed by atoms with Crippen molar-refractivity contribution in [1.82, 2.24) is 4.90 Å². The van der Waals surface area contributed by atoms with Gasteiger partial charge in [0.05, 0.1) is 11.1 Å². The van der Waals surface area contributed by atoms with E-state index in [2.05, 4.69) is 22.4 Å². The summed E-state index contributed by atoms with van der Waals surface area (Å²) in [7, 11) is 4.00. The Balaban J connectivity index is 1.41. The highest BCUT2D eigenvalue weighted by molar-refractivity contribution is 7.09. The lowest BCUT2D eigenvalue weighted by Gasteiger charge is -2.29. The summed E-state index contributed by atoms with van der Waals surface area (Å²) >= 11 is 1.73. The molecule has 0 spiro atoms. The van der Waals surface area contributed by atoms with Crippen LogP contribution >= 0.6 is 11.3 Å². The van der Waals surface area contributed by atoms with Crippen molar-refractivity contribution in [2.75, 3.05) is 25.7 Å². The Kier molecular flexibility index (Phi) is 4.81. The summed E-state index contributed by atoms with van der Waals surface area (Å²) < 4.78 is 12.0. The number of anilines is 1. The van der Waals surface area contributed by atoms with Gasteiger partial charge >= 0.3 is 0 Å². The summed E-state index contributed by atoms with van der Waals surface area (Å²) in [4.78, 5) is 18.5. The standard InChI is InChI=1S/C24H22N2O3S/c1-25(2)17-7-5-16(6-8-17)12-22-23(27)19-9-10-21-20(24(19)29-22)14-26(15-28-21)13-18-4-3-11-30-18/h3-12H,13-15H2,1-2H3/b22-12-. The van der Waals surface area contributed by atoms with Crippen LogP contribution in [0.15, 0.2) is 59.7 Å².